The molecule has 0 aromatic carbocycles. The van der Waals surface area contributed by atoms with E-state index >= 15 is 0 Å². The van der Waals surface area contributed by atoms with E-state index in [1.54, 1.807) is 0 Å². The van der Waals surface area contributed by atoms with Gasteiger partial charge in [0.25, 0.3) is 0 Å². The van der Waals surface area contributed by atoms with E-state index in [0.29, 0.717) is 32.4 Å². The Hall–Kier alpha value is -3.22. The lowest BCUT2D eigenvalue weighted by Gasteiger charge is -2.20. The number of nitrogens with one attached hydrogen (secondary N) is 6. The van der Waals surface area contributed by atoms with Gasteiger partial charge in [0.1, 0.15) is 12.1 Å². The molecule has 0 spiro atoms. The summed E-state index contributed by atoms with van der Waals surface area (Å²) in [4.78, 5) is 71.5. The minimum atomic E-state index is -1.17. The fourth-order valence-electron chi connectivity index (χ4n) is 3.40. The number of hydrogen-bond acceptors (Lipinski definition) is 7. The van der Waals surface area contributed by atoms with Gasteiger partial charge in [-0.05, 0) is 52.4 Å². The summed E-state index contributed by atoms with van der Waals surface area (Å²) in [6.07, 6.45) is 1.72. The maximum absolute atomic E-state index is 12.2. The second kappa shape index (κ2) is 18.2. The standard InChI is InChI=1S/C27H50N6O7/c1-18(32-23(37)17-30-22(36)16-26(2,3)4)24(38)29-14-11-21(35)33-19(25(39)40)10-8-9-13-28-20(34)12-15-31-27(5,6)7/h18-19,31H,8-17H2,1-7H3,(H,28,34)(H,29,38)(H,30,36)(H,32,37)(H,33,35)(H,39,40)/t18-,19-/m0/s1. The first-order valence-electron chi connectivity index (χ1n) is 13.8. The van der Waals surface area contributed by atoms with E-state index in [1.165, 1.54) is 6.92 Å². The number of unbranched alkanes of at least 4 members (excludes halogenated alkanes) is 1. The summed E-state index contributed by atoms with van der Waals surface area (Å²) in [6, 6.07) is -1.97. The number of carbonyl (C=O) groups is 6. The average molecular weight is 571 g/mol. The van der Waals surface area contributed by atoms with E-state index in [2.05, 4.69) is 31.9 Å². The van der Waals surface area contributed by atoms with Crippen molar-refractivity contribution in [2.45, 2.75) is 105 Å². The second-order valence-electron chi connectivity index (χ2n) is 12.1. The number of carboxylic acids is 1. The van der Waals surface area contributed by atoms with Gasteiger partial charge in [0.15, 0.2) is 0 Å². The van der Waals surface area contributed by atoms with Gasteiger partial charge in [-0.1, -0.05) is 20.8 Å². The maximum atomic E-state index is 12.2. The number of amides is 5. The van der Waals surface area contributed by atoms with E-state index in [0.717, 1.165) is 0 Å². The third-order valence-corrected chi connectivity index (χ3v) is 5.44. The number of carboxylic acid groups (broad SMARTS) is 1. The first kappa shape index (κ1) is 36.8. The van der Waals surface area contributed by atoms with Crippen molar-refractivity contribution < 1.29 is 33.9 Å². The van der Waals surface area contributed by atoms with Crippen LogP contribution >= 0.6 is 0 Å². The molecule has 13 heteroatoms. The summed E-state index contributed by atoms with van der Waals surface area (Å²) in [5.41, 5.74) is -0.279. The maximum Gasteiger partial charge on any atom is 0.326 e. The van der Waals surface area contributed by atoms with Crippen molar-refractivity contribution in [2.24, 2.45) is 5.41 Å². The highest BCUT2D eigenvalue weighted by Gasteiger charge is 2.21. The van der Waals surface area contributed by atoms with E-state index in [4.69, 9.17) is 0 Å². The molecule has 0 aliphatic heterocycles. The Bertz CT molecular complexity index is 864. The molecule has 0 aromatic heterocycles. The van der Waals surface area contributed by atoms with Crippen LogP contribution in [0.25, 0.3) is 0 Å². The minimum Gasteiger partial charge on any atom is -0.480 e. The summed E-state index contributed by atoms with van der Waals surface area (Å²) in [7, 11) is 0. The van der Waals surface area contributed by atoms with Gasteiger partial charge in [0.05, 0.1) is 6.54 Å². The molecule has 0 unspecified atom stereocenters. The highest BCUT2D eigenvalue weighted by molar-refractivity contribution is 5.90. The molecule has 0 heterocycles. The summed E-state index contributed by atoms with van der Waals surface area (Å²) in [5.74, 6) is -3.10. The van der Waals surface area contributed by atoms with Gasteiger partial charge in [-0.3, -0.25) is 24.0 Å². The van der Waals surface area contributed by atoms with E-state index in [1.807, 2.05) is 41.5 Å². The topological polar surface area (TPSA) is 195 Å². The molecule has 0 saturated carbocycles. The van der Waals surface area contributed by atoms with E-state index in [9.17, 15) is 33.9 Å². The molecule has 0 aliphatic rings. The molecule has 0 aliphatic carbocycles. The van der Waals surface area contributed by atoms with Crippen LogP contribution in [0.1, 0.15) is 87.0 Å². The van der Waals surface area contributed by atoms with Crippen LogP contribution in [-0.4, -0.2) is 84.4 Å². The number of rotatable bonds is 18. The van der Waals surface area contributed by atoms with Crippen LogP contribution in [0.2, 0.25) is 0 Å². The van der Waals surface area contributed by atoms with Crippen molar-refractivity contribution in [3.8, 4) is 0 Å². The third kappa shape index (κ3) is 20.7. The van der Waals surface area contributed by atoms with Crippen LogP contribution in [0.15, 0.2) is 0 Å². The van der Waals surface area contributed by atoms with E-state index in [-0.39, 0.29) is 55.1 Å². The van der Waals surface area contributed by atoms with Crippen molar-refractivity contribution >= 4 is 35.5 Å². The lowest BCUT2D eigenvalue weighted by molar-refractivity contribution is -0.142. The predicted molar refractivity (Wildman–Crippen MR) is 151 cm³/mol. The molecule has 0 aromatic rings. The molecule has 5 amide bonds. The molecular formula is C27H50N6O7. The zero-order valence-electron chi connectivity index (χ0n) is 25.1. The third-order valence-electron chi connectivity index (χ3n) is 5.44. The van der Waals surface area contributed by atoms with Gasteiger partial charge in [0, 0.05) is 44.4 Å². The highest BCUT2D eigenvalue weighted by atomic mass is 16.4. The Morgan fingerprint density at radius 1 is 0.700 bits per heavy atom. The summed E-state index contributed by atoms with van der Waals surface area (Å²) in [5, 5.41) is 25.4. The number of hydrogen-bond donors (Lipinski definition) is 7. The van der Waals surface area contributed by atoms with Gasteiger partial charge in [0.2, 0.25) is 29.5 Å². The molecule has 230 valence electrons. The summed E-state index contributed by atoms with van der Waals surface area (Å²) in [6.45, 7) is 13.9. The quantitative estimate of drug-likeness (QED) is 0.113. The summed E-state index contributed by atoms with van der Waals surface area (Å²) >= 11 is 0. The fraction of sp³-hybridized carbons (Fsp3) is 0.778. The van der Waals surface area contributed by atoms with Gasteiger partial charge < -0.3 is 37.0 Å². The molecule has 0 bridgehead atoms. The molecule has 0 fully saturated rings. The lowest BCUT2D eigenvalue weighted by atomic mass is 9.92. The van der Waals surface area contributed by atoms with E-state index < -0.39 is 35.8 Å². The van der Waals surface area contributed by atoms with Crippen LogP contribution in [0.4, 0.5) is 0 Å². The Morgan fingerprint density at radius 3 is 1.90 bits per heavy atom. The second-order valence-corrected chi connectivity index (χ2v) is 12.1. The first-order valence-corrected chi connectivity index (χ1v) is 13.8. The van der Waals surface area contributed by atoms with Crippen LogP contribution in [0.3, 0.4) is 0 Å². The van der Waals surface area contributed by atoms with Gasteiger partial charge in [-0.25, -0.2) is 4.79 Å². The van der Waals surface area contributed by atoms with Crippen LogP contribution in [0.5, 0.6) is 0 Å². The minimum absolute atomic E-state index is 0.0460. The van der Waals surface area contributed by atoms with Gasteiger partial charge in [-0.2, -0.15) is 0 Å². The van der Waals surface area contributed by atoms with Crippen LogP contribution in [0, 0.1) is 5.41 Å². The Labute approximate surface area is 237 Å². The largest absolute Gasteiger partial charge is 0.480 e. The van der Waals surface area contributed by atoms with Crippen molar-refractivity contribution in [3.63, 3.8) is 0 Å². The average Bonchev–Trinajstić information content (AvgIpc) is 2.79. The van der Waals surface area contributed by atoms with Gasteiger partial charge >= 0.3 is 5.97 Å². The zero-order valence-corrected chi connectivity index (χ0v) is 25.1. The highest BCUT2D eigenvalue weighted by Crippen LogP contribution is 2.17. The molecule has 40 heavy (non-hydrogen) atoms. The van der Waals surface area contributed by atoms with Crippen LogP contribution < -0.4 is 31.9 Å². The Morgan fingerprint density at radius 2 is 1.32 bits per heavy atom. The molecule has 2 atom stereocenters. The lowest BCUT2D eigenvalue weighted by Crippen LogP contribution is -2.48. The zero-order chi connectivity index (χ0) is 30.9. The molecule has 0 rings (SSSR count). The molecule has 13 nitrogen and oxygen atoms in total. The summed E-state index contributed by atoms with van der Waals surface area (Å²) < 4.78 is 0. The molecule has 0 radical (unpaired) electrons. The first-order chi connectivity index (χ1) is 18.4. The van der Waals surface area contributed by atoms with Crippen molar-refractivity contribution in [2.75, 3.05) is 26.2 Å². The van der Waals surface area contributed by atoms with Gasteiger partial charge in [-0.15, -0.1) is 0 Å². The predicted octanol–water partition coefficient (Wildman–Crippen LogP) is 0.184. The monoisotopic (exact) mass is 570 g/mol. The van der Waals surface area contributed by atoms with Crippen molar-refractivity contribution in [1.29, 1.82) is 0 Å². The molecule has 0 saturated heterocycles. The number of aliphatic carboxylic acids is 1. The number of carbonyl (C=O) groups excluding carboxylic acids is 5. The normalized spacial score (nSPS) is 13.0. The smallest absolute Gasteiger partial charge is 0.326 e. The van der Waals surface area contributed by atoms with Crippen LogP contribution in [-0.2, 0) is 28.8 Å². The van der Waals surface area contributed by atoms with Crippen molar-refractivity contribution in [1.82, 2.24) is 31.9 Å². The Kier molecular flexibility index (Phi) is 16.7. The fourth-order valence-corrected chi connectivity index (χ4v) is 3.40. The molecule has 7 N–H and O–H groups in total. The Balaban J connectivity index is 4.21. The molecular weight excluding hydrogens is 520 g/mol. The SMILES string of the molecule is C[C@H](NC(=O)CNC(=O)CC(C)(C)C)C(=O)NCCC(=O)N[C@@H](CCCCNC(=O)CCNC(C)(C)C)C(=O)O. The van der Waals surface area contributed by atoms with Crippen molar-refractivity contribution in [3.05, 3.63) is 0 Å².